The molecule has 118 valence electrons. The van der Waals surface area contributed by atoms with Gasteiger partial charge in [0.1, 0.15) is 9.84 Å². The van der Waals surface area contributed by atoms with Crippen LogP contribution in [0.5, 0.6) is 0 Å². The fourth-order valence-electron chi connectivity index (χ4n) is 3.08. The Morgan fingerprint density at radius 2 is 2.00 bits per heavy atom. The van der Waals surface area contributed by atoms with Crippen molar-refractivity contribution in [2.24, 2.45) is 11.8 Å². The molecule has 3 N–H and O–H groups in total. The van der Waals surface area contributed by atoms with E-state index in [1.54, 1.807) is 0 Å². The van der Waals surface area contributed by atoms with Crippen molar-refractivity contribution in [3.8, 4) is 0 Å². The minimum absolute atomic E-state index is 0.0201. The Labute approximate surface area is 123 Å². The van der Waals surface area contributed by atoms with Gasteiger partial charge in [0.15, 0.2) is 11.6 Å². The fraction of sp³-hybridized carbons (Fsp3) is 0.571. The van der Waals surface area contributed by atoms with Gasteiger partial charge in [-0.15, -0.1) is 0 Å². The van der Waals surface area contributed by atoms with Crippen LogP contribution in [-0.2, 0) is 9.84 Å². The van der Waals surface area contributed by atoms with Gasteiger partial charge in [-0.05, 0) is 42.9 Å². The van der Waals surface area contributed by atoms with E-state index in [9.17, 15) is 17.2 Å². The molecule has 0 bridgehead atoms. The first-order valence-corrected chi connectivity index (χ1v) is 8.88. The summed E-state index contributed by atoms with van der Waals surface area (Å²) in [6.45, 7) is 0. The van der Waals surface area contributed by atoms with Crippen molar-refractivity contribution < 1.29 is 17.2 Å². The maximum atomic E-state index is 13.4. The van der Waals surface area contributed by atoms with Crippen molar-refractivity contribution in [2.45, 2.75) is 37.0 Å². The molecule has 2 rings (SSSR count). The second kappa shape index (κ2) is 6.37. The molecule has 1 aromatic rings. The Kier molecular flexibility index (Phi) is 4.95. The second-order valence-electron chi connectivity index (χ2n) is 5.70. The Morgan fingerprint density at radius 1 is 1.29 bits per heavy atom. The number of hydrogen-bond acceptors (Lipinski definition) is 4. The molecule has 0 saturated heterocycles. The fourth-order valence-corrected chi connectivity index (χ4v) is 4.27. The van der Waals surface area contributed by atoms with Crippen molar-refractivity contribution in [3.05, 3.63) is 35.4 Å². The number of nitrogens with one attached hydrogen (secondary N) is 1. The Bertz CT molecular complexity index is 607. The smallest absolute Gasteiger partial charge is 0.159 e. The summed E-state index contributed by atoms with van der Waals surface area (Å²) < 4.78 is 49.8. The highest BCUT2D eigenvalue weighted by Gasteiger charge is 2.33. The standard InChI is InChI=1S/C14H20F2N2O2S/c1-21(19,20)11-4-2-3-9(7-11)14(18-17)10-5-6-12(15)13(16)8-10/h5-6,8-9,11,14,18H,2-4,7,17H2,1H3. The molecule has 1 aliphatic carbocycles. The highest BCUT2D eigenvalue weighted by molar-refractivity contribution is 7.91. The molecule has 0 heterocycles. The SMILES string of the molecule is CS(=O)(=O)C1CCCC(C(NN)c2ccc(F)c(F)c2)C1. The molecule has 3 atom stereocenters. The minimum atomic E-state index is -3.10. The van der Waals surface area contributed by atoms with Crippen LogP contribution < -0.4 is 11.3 Å². The largest absolute Gasteiger partial charge is 0.271 e. The molecule has 7 heteroatoms. The molecule has 1 aliphatic rings. The lowest BCUT2D eigenvalue weighted by atomic mass is 9.81. The zero-order valence-electron chi connectivity index (χ0n) is 11.9. The lowest BCUT2D eigenvalue weighted by molar-refractivity contribution is 0.274. The lowest BCUT2D eigenvalue weighted by Crippen LogP contribution is -2.38. The number of benzene rings is 1. The number of rotatable bonds is 4. The monoisotopic (exact) mass is 318 g/mol. The molecule has 21 heavy (non-hydrogen) atoms. The molecule has 1 aromatic carbocycles. The Hall–Kier alpha value is -1.05. The first kappa shape index (κ1) is 16.3. The van der Waals surface area contributed by atoms with Crippen molar-refractivity contribution in [1.29, 1.82) is 0 Å². The van der Waals surface area contributed by atoms with Gasteiger partial charge >= 0.3 is 0 Å². The third-order valence-electron chi connectivity index (χ3n) is 4.23. The molecule has 3 unspecified atom stereocenters. The summed E-state index contributed by atoms with van der Waals surface area (Å²) in [4.78, 5) is 0. The van der Waals surface area contributed by atoms with Gasteiger partial charge in [0.05, 0.1) is 5.25 Å². The molecule has 1 saturated carbocycles. The number of hydrazine groups is 1. The van der Waals surface area contributed by atoms with Crippen LogP contribution in [0.3, 0.4) is 0 Å². The van der Waals surface area contributed by atoms with Crippen LogP contribution in [0.2, 0.25) is 0 Å². The average Bonchev–Trinajstić information content (AvgIpc) is 2.43. The van der Waals surface area contributed by atoms with E-state index >= 15 is 0 Å². The van der Waals surface area contributed by atoms with E-state index in [1.165, 1.54) is 12.3 Å². The lowest BCUT2D eigenvalue weighted by Gasteiger charge is -2.33. The Balaban J connectivity index is 2.22. The summed E-state index contributed by atoms with van der Waals surface area (Å²) >= 11 is 0. The third-order valence-corrected chi connectivity index (χ3v) is 5.87. The van der Waals surface area contributed by atoms with Crippen LogP contribution in [-0.4, -0.2) is 19.9 Å². The summed E-state index contributed by atoms with van der Waals surface area (Å²) in [6.07, 6.45) is 3.95. The molecule has 0 radical (unpaired) electrons. The van der Waals surface area contributed by atoms with Gasteiger partial charge in [-0.2, -0.15) is 0 Å². The van der Waals surface area contributed by atoms with E-state index in [0.717, 1.165) is 25.0 Å². The van der Waals surface area contributed by atoms with Crippen LogP contribution in [0.4, 0.5) is 8.78 Å². The van der Waals surface area contributed by atoms with Gasteiger partial charge in [0.25, 0.3) is 0 Å². The van der Waals surface area contributed by atoms with Crippen molar-refractivity contribution >= 4 is 9.84 Å². The molecule has 0 amide bonds. The second-order valence-corrected chi connectivity index (χ2v) is 8.02. The average molecular weight is 318 g/mol. The molecule has 0 spiro atoms. The molecule has 4 nitrogen and oxygen atoms in total. The van der Waals surface area contributed by atoms with Gasteiger partial charge in [0.2, 0.25) is 0 Å². The highest BCUT2D eigenvalue weighted by atomic mass is 32.2. The van der Waals surface area contributed by atoms with Gasteiger partial charge in [-0.3, -0.25) is 11.3 Å². The van der Waals surface area contributed by atoms with E-state index in [4.69, 9.17) is 5.84 Å². The normalized spacial score (nSPS) is 24.8. The zero-order valence-corrected chi connectivity index (χ0v) is 12.7. The minimum Gasteiger partial charge on any atom is -0.271 e. The zero-order chi connectivity index (χ0) is 15.6. The summed E-state index contributed by atoms with van der Waals surface area (Å²) in [6, 6.07) is 3.27. The third kappa shape index (κ3) is 3.78. The number of nitrogens with two attached hydrogens (primary N) is 1. The molecular formula is C14H20F2N2O2S. The molecule has 0 aliphatic heterocycles. The van der Waals surface area contributed by atoms with Crippen LogP contribution in [0.1, 0.15) is 37.3 Å². The first-order chi connectivity index (χ1) is 9.82. The predicted octanol–water partition coefficient (Wildman–Crippen LogP) is 2.07. The van der Waals surface area contributed by atoms with E-state index in [1.807, 2.05) is 0 Å². The highest BCUT2D eigenvalue weighted by Crippen LogP contribution is 2.36. The molecule has 1 fully saturated rings. The number of sulfone groups is 1. The van der Waals surface area contributed by atoms with Crippen LogP contribution >= 0.6 is 0 Å². The summed E-state index contributed by atoms with van der Waals surface area (Å²) in [5, 5.41) is -0.391. The van der Waals surface area contributed by atoms with Crippen LogP contribution in [0, 0.1) is 17.6 Å². The van der Waals surface area contributed by atoms with E-state index in [0.29, 0.717) is 18.4 Å². The van der Waals surface area contributed by atoms with Gasteiger partial charge in [-0.1, -0.05) is 12.5 Å². The summed E-state index contributed by atoms with van der Waals surface area (Å²) in [7, 11) is -3.10. The van der Waals surface area contributed by atoms with Gasteiger partial charge in [0, 0.05) is 12.3 Å². The maximum Gasteiger partial charge on any atom is 0.159 e. The quantitative estimate of drug-likeness (QED) is 0.658. The number of halogens is 2. The van der Waals surface area contributed by atoms with Crippen molar-refractivity contribution in [1.82, 2.24) is 5.43 Å². The number of hydrogen-bond donors (Lipinski definition) is 2. The first-order valence-electron chi connectivity index (χ1n) is 6.93. The van der Waals surface area contributed by atoms with Gasteiger partial charge in [-0.25, -0.2) is 17.2 Å². The van der Waals surface area contributed by atoms with E-state index in [-0.39, 0.29) is 12.0 Å². The van der Waals surface area contributed by atoms with Crippen LogP contribution in [0.15, 0.2) is 18.2 Å². The van der Waals surface area contributed by atoms with Crippen LogP contribution in [0.25, 0.3) is 0 Å². The maximum absolute atomic E-state index is 13.4. The predicted molar refractivity (Wildman–Crippen MR) is 77.0 cm³/mol. The summed E-state index contributed by atoms with van der Waals surface area (Å²) in [5.74, 6) is 3.70. The molecule has 0 aromatic heterocycles. The van der Waals surface area contributed by atoms with Crippen molar-refractivity contribution in [2.75, 3.05) is 6.26 Å². The Morgan fingerprint density at radius 3 is 2.57 bits per heavy atom. The van der Waals surface area contributed by atoms with E-state index < -0.39 is 26.7 Å². The van der Waals surface area contributed by atoms with Crippen molar-refractivity contribution in [3.63, 3.8) is 0 Å². The molecular weight excluding hydrogens is 298 g/mol. The van der Waals surface area contributed by atoms with Gasteiger partial charge < -0.3 is 0 Å². The summed E-state index contributed by atoms with van der Waals surface area (Å²) in [5.41, 5.74) is 3.16. The topological polar surface area (TPSA) is 72.2 Å². The van der Waals surface area contributed by atoms with E-state index in [2.05, 4.69) is 5.43 Å².